The van der Waals surface area contributed by atoms with E-state index in [2.05, 4.69) is 35.3 Å². The number of H-pyrrole nitrogens is 1. The average Bonchev–Trinajstić information content (AvgIpc) is 2.54. The molecule has 0 bridgehead atoms. The number of aromatic nitrogens is 1. The van der Waals surface area contributed by atoms with Crippen molar-refractivity contribution in [2.75, 3.05) is 13.2 Å². The lowest BCUT2D eigenvalue weighted by molar-refractivity contribution is -0.380. The first-order valence-electron chi connectivity index (χ1n) is 7.30. The van der Waals surface area contributed by atoms with Gasteiger partial charge >= 0.3 is 0 Å². The van der Waals surface area contributed by atoms with Crippen molar-refractivity contribution in [2.24, 2.45) is 0 Å². The van der Waals surface area contributed by atoms with Crippen LogP contribution in [0.4, 0.5) is 0 Å². The summed E-state index contributed by atoms with van der Waals surface area (Å²) in [6, 6.07) is 14.2. The molecule has 118 valence electrons. The zero-order valence-corrected chi connectivity index (χ0v) is 13.2. The Bertz CT molecular complexity index is 549. The molecular formula is C18H22ClNO2. The predicted octanol–water partition coefficient (Wildman–Crippen LogP) is -0.476. The Morgan fingerprint density at radius 3 is 2.14 bits per heavy atom. The summed E-state index contributed by atoms with van der Waals surface area (Å²) in [6.45, 7) is 0.298. The largest absolute Gasteiger partial charge is 1.00 e. The molecule has 22 heavy (non-hydrogen) atoms. The molecule has 0 aliphatic rings. The van der Waals surface area contributed by atoms with Gasteiger partial charge in [-0.15, -0.1) is 0 Å². The van der Waals surface area contributed by atoms with E-state index in [0.717, 1.165) is 11.3 Å². The minimum absolute atomic E-state index is 0. The fourth-order valence-electron chi connectivity index (χ4n) is 2.37. The summed E-state index contributed by atoms with van der Waals surface area (Å²) >= 11 is 0. The Morgan fingerprint density at radius 1 is 0.909 bits per heavy atom. The second-order valence-corrected chi connectivity index (χ2v) is 5.04. The summed E-state index contributed by atoms with van der Waals surface area (Å²) in [7, 11) is 0. The Hall–Kier alpha value is -1.68. The van der Waals surface area contributed by atoms with Gasteiger partial charge in [0.25, 0.3) is 0 Å². The van der Waals surface area contributed by atoms with E-state index in [1.54, 1.807) is 0 Å². The number of aliphatic hydroxyl groups excluding tert-OH is 2. The third-order valence-corrected chi connectivity index (χ3v) is 3.55. The molecule has 0 saturated heterocycles. The maximum atomic E-state index is 9.09. The van der Waals surface area contributed by atoms with Crippen molar-refractivity contribution in [1.29, 1.82) is 0 Å². The highest BCUT2D eigenvalue weighted by Crippen LogP contribution is 2.23. The number of benzene rings is 1. The Balaban J connectivity index is 0.00000242. The van der Waals surface area contributed by atoms with E-state index in [0.29, 0.717) is 12.8 Å². The van der Waals surface area contributed by atoms with Gasteiger partial charge in [-0.1, -0.05) is 24.3 Å². The molecule has 1 aromatic heterocycles. The van der Waals surface area contributed by atoms with Gasteiger partial charge in [0.2, 0.25) is 5.69 Å². The molecule has 1 aromatic carbocycles. The second kappa shape index (κ2) is 10.1. The molecule has 0 amide bonds. The van der Waals surface area contributed by atoms with E-state index in [1.807, 2.05) is 30.5 Å². The standard InChI is InChI=1S/C18H21NO2.ClH/c20-13-10-17(11-14-21)16-7-4-15(5-8-16)6-9-18-3-1-2-12-19-18;/h1-9,12,17,20-21H,10-11,13-14H2;1H/b9-6+;. The van der Waals surface area contributed by atoms with Crippen molar-refractivity contribution in [2.45, 2.75) is 18.8 Å². The number of rotatable bonds is 7. The molecule has 0 spiro atoms. The molecule has 2 rings (SSSR count). The number of aliphatic hydroxyl groups is 2. The minimum Gasteiger partial charge on any atom is -1.00 e. The van der Waals surface area contributed by atoms with Crippen molar-refractivity contribution in [3.8, 4) is 0 Å². The third kappa shape index (κ3) is 5.60. The summed E-state index contributed by atoms with van der Waals surface area (Å²) in [5, 5.41) is 18.2. The fraction of sp³-hybridized carbons (Fsp3) is 0.278. The third-order valence-electron chi connectivity index (χ3n) is 3.55. The van der Waals surface area contributed by atoms with Crippen molar-refractivity contribution >= 4 is 12.2 Å². The molecule has 2 aromatic rings. The van der Waals surface area contributed by atoms with Crippen molar-refractivity contribution in [3.05, 3.63) is 65.5 Å². The normalized spacial score (nSPS) is 10.9. The molecule has 0 fully saturated rings. The number of hydrogen-bond donors (Lipinski definition) is 2. The van der Waals surface area contributed by atoms with Crippen LogP contribution in [0.3, 0.4) is 0 Å². The lowest BCUT2D eigenvalue weighted by atomic mass is 9.92. The average molecular weight is 320 g/mol. The van der Waals surface area contributed by atoms with E-state index in [1.165, 1.54) is 5.56 Å². The summed E-state index contributed by atoms with van der Waals surface area (Å²) in [5.74, 6) is 0.223. The van der Waals surface area contributed by atoms with E-state index < -0.39 is 0 Å². The van der Waals surface area contributed by atoms with Gasteiger partial charge in [0.05, 0.1) is 0 Å². The topological polar surface area (TPSA) is 54.6 Å². The molecule has 0 unspecified atom stereocenters. The number of halogens is 1. The van der Waals surface area contributed by atoms with E-state index in [9.17, 15) is 0 Å². The summed E-state index contributed by atoms with van der Waals surface area (Å²) < 4.78 is 0. The molecule has 4 heteroatoms. The number of aromatic amines is 1. The summed E-state index contributed by atoms with van der Waals surface area (Å²) in [5.41, 5.74) is 3.35. The first-order valence-corrected chi connectivity index (χ1v) is 7.30. The van der Waals surface area contributed by atoms with Gasteiger partial charge in [-0.05, 0) is 42.0 Å². The van der Waals surface area contributed by atoms with E-state index >= 15 is 0 Å². The number of nitrogens with one attached hydrogen (secondary N) is 1. The second-order valence-electron chi connectivity index (χ2n) is 5.04. The molecule has 0 aliphatic carbocycles. The highest BCUT2D eigenvalue weighted by Gasteiger charge is 2.10. The minimum atomic E-state index is 0. The maximum absolute atomic E-state index is 9.09. The van der Waals surface area contributed by atoms with E-state index in [-0.39, 0.29) is 31.5 Å². The zero-order chi connectivity index (χ0) is 14.9. The highest BCUT2D eigenvalue weighted by atomic mass is 35.5. The zero-order valence-electron chi connectivity index (χ0n) is 12.5. The number of hydrogen-bond acceptors (Lipinski definition) is 2. The van der Waals surface area contributed by atoms with Crippen LogP contribution >= 0.6 is 0 Å². The van der Waals surface area contributed by atoms with Crippen LogP contribution < -0.4 is 17.4 Å². The van der Waals surface area contributed by atoms with Crippen LogP contribution in [0.1, 0.15) is 35.6 Å². The molecular weight excluding hydrogens is 298 g/mol. The van der Waals surface area contributed by atoms with Gasteiger partial charge in [-0.25, -0.2) is 4.98 Å². The first-order chi connectivity index (χ1) is 10.3. The van der Waals surface area contributed by atoms with Gasteiger partial charge in [-0.3, -0.25) is 0 Å². The number of pyridine rings is 1. The molecule has 3 N–H and O–H groups in total. The smallest absolute Gasteiger partial charge is 0.203 e. The quantitative estimate of drug-likeness (QED) is 0.724. The van der Waals surface area contributed by atoms with Gasteiger partial charge in [0.1, 0.15) is 0 Å². The van der Waals surface area contributed by atoms with Gasteiger partial charge < -0.3 is 22.6 Å². The van der Waals surface area contributed by atoms with Crippen LogP contribution in [-0.2, 0) is 0 Å². The molecule has 0 radical (unpaired) electrons. The molecule has 0 atom stereocenters. The summed E-state index contributed by atoms with van der Waals surface area (Å²) in [4.78, 5) is 3.16. The van der Waals surface area contributed by atoms with Gasteiger partial charge in [0, 0.05) is 31.4 Å². The molecule has 0 aliphatic heterocycles. The van der Waals surface area contributed by atoms with Crippen molar-refractivity contribution in [3.63, 3.8) is 0 Å². The van der Waals surface area contributed by atoms with Crippen LogP contribution in [0.5, 0.6) is 0 Å². The van der Waals surface area contributed by atoms with Crippen LogP contribution in [0, 0.1) is 0 Å². The maximum Gasteiger partial charge on any atom is 0.203 e. The van der Waals surface area contributed by atoms with Crippen molar-refractivity contribution in [1.82, 2.24) is 0 Å². The van der Waals surface area contributed by atoms with Crippen molar-refractivity contribution < 1.29 is 27.6 Å². The molecule has 0 saturated carbocycles. The van der Waals surface area contributed by atoms with E-state index in [4.69, 9.17) is 10.2 Å². The van der Waals surface area contributed by atoms with Gasteiger partial charge in [-0.2, -0.15) is 0 Å². The lowest BCUT2D eigenvalue weighted by Crippen LogP contribution is -3.00. The lowest BCUT2D eigenvalue weighted by Gasteiger charge is -2.15. The van der Waals surface area contributed by atoms with Crippen LogP contribution in [0.25, 0.3) is 12.2 Å². The monoisotopic (exact) mass is 319 g/mol. The Kier molecular flexibility index (Phi) is 8.44. The van der Waals surface area contributed by atoms with Crippen LogP contribution in [-0.4, -0.2) is 23.4 Å². The Morgan fingerprint density at radius 2 is 1.59 bits per heavy atom. The molecule has 1 heterocycles. The Labute approximate surface area is 137 Å². The highest BCUT2D eigenvalue weighted by molar-refractivity contribution is 5.66. The fourth-order valence-corrected chi connectivity index (χ4v) is 2.37. The predicted molar refractivity (Wildman–Crippen MR) is 84.5 cm³/mol. The van der Waals surface area contributed by atoms with Crippen LogP contribution in [0.15, 0.2) is 48.7 Å². The van der Waals surface area contributed by atoms with Gasteiger partial charge in [0.15, 0.2) is 6.20 Å². The summed E-state index contributed by atoms with van der Waals surface area (Å²) in [6.07, 6.45) is 7.37. The molecule has 3 nitrogen and oxygen atoms in total. The first kappa shape index (κ1) is 18.4. The SMILES string of the molecule is OCCC(CCO)c1ccc(/C=C/c2cccc[nH+]2)cc1.[Cl-]. The van der Waals surface area contributed by atoms with Crippen LogP contribution in [0.2, 0.25) is 0 Å².